The van der Waals surface area contributed by atoms with Crippen LogP contribution < -0.4 is 14.8 Å². The lowest BCUT2D eigenvalue weighted by atomic mass is 10.0. The Balaban J connectivity index is 1.48. The van der Waals surface area contributed by atoms with Crippen molar-refractivity contribution < 1.29 is 14.2 Å². The molecule has 8 heteroatoms. The second-order valence-corrected chi connectivity index (χ2v) is 8.94. The standard InChI is InChI=1S/C26H28N4O3S/c1-31-22-9-8-19(14-23(22)32-2)21(30-10-12-33-13-11-30)15-27-25-24-20(18-6-4-3-5-7-18)16-34-26(24)29-17-28-25/h3-9,14,16-17,21H,10-13,15H2,1-2H3,(H,27,28,29)/t21-/m0/s1. The van der Waals surface area contributed by atoms with Crippen LogP contribution in [0.4, 0.5) is 5.82 Å². The van der Waals surface area contributed by atoms with Gasteiger partial charge in [-0.05, 0) is 23.3 Å². The molecule has 1 saturated heterocycles. The molecule has 1 fully saturated rings. The molecule has 7 nitrogen and oxygen atoms in total. The molecule has 3 heterocycles. The summed E-state index contributed by atoms with van der Waals surface area (Å²) >= 11 is 1.64. The molecular formula is C26H28N4O3S. The first-order chi connectivity index (χ1) is 16.8. The third kappa shape index (κ3) is 4.57. The average Bonchev–Trinajstić information content (AvgIpc) is 3.35. The molecule has 0 aliphatic carbocycles. The molecule has 0 bridgehead atoms. The number of morpholine rings is 1. The summed E-state index contributed by atoms with van der Waals surface area (Å²) in [5.74, 6) is 2.30. The van der Waals surface area contributed by atoms with E-state index >= 15 is 0 Å². The van der Waals surface area contributed by atoms with E-state index in [0.29, 0.717) is 6.54 Å². The van der Waals surface area contributed by atoms with Crippen molar-refractivity contribution in [2.45, 2.75) is 6.04 Å². The zero-order chi connectivity index (χ0) is 23.3. The third-order valence-electron chi connectivity index (χ3n) is 6.20. The maximum Gasteiger partial charge on any atom is 0.161 e. The van der Waals surface area contributed by atoms with Gasteiger partial charge in [-0.1, -0.05) is 36.4 Å². The van der Waals surface area contributed by atoms with Gasteiger partial charge in [-0.2, -0.15) is 0 Å². The molecule has 1 aliphatic heterocycles. The van der Waals surface area contributed by atoms with Crippen molar-refractivity contribution in [3.63, 3.8) is 0 Å². The van der Waals surface area contributed by atoms with Crippen molar-refractivity contribution >= 4 is 27.4 Å². The minimum atomic E-state index is 0.118. The molecule has 0 unspecified atom stereocenters. The number of thiophene rings is 1. The van der Waals surface area contributed by atoms with Crippen molar-refractivity contribution in [1.29, 1.82) is 0 Å². The van der Waals surface area contributed by atoms with Crippen LogP contribution in [0.1, 0.15) is 11.6 Å². The first-order valence-corrected chi connectivity index (χ1v) is 12.2. The molecule has 0 amide bonds. The molecule has 34 heavy (non-hydrogen) atoms. The van der Waals surface area contributed by atoms with Crippen LogP contribution in [0.5, 0.6) is 11.5 Å². The van der Waals surface area contributed by atoms with E-state index in [-0.39, 0.29) is 6.04 Å². The Hall–Kier alpha value is -3.20. The van der Waals surface area contributed by atoms with E-state index in [4.69, 9.17) is 14.2 Å². The van der Waals surface area contributed by atoms with Crippen LogP contribution in [0, 0.1) is 0 Å². The summed E-state index contributed by atoms with van der Waals surface area (Å²) in [7, 11) is 3.33. The van der Waals surface area contributed by atoms with Crippen LogP contribution >= 0.6 is 11.3 Å². The predicted molar refractivity (Wildman–Crippen MR) is 136 cm³/mol. The van der Waals surface area contributed by atoms with Gasteiger partial charge in [0.25, 0.3) is 0 Å². The number of fused-ring (bicyclic) bond motifs is 1. The number of anilines is 1. The third-order valence-corrected chi connectivity index (χ3v) is 7.08. The number of methoxy groups -OCH3 is 2. The van der Waals surface area contributed by atoms with Gasteiger partial charge in [0, 0.05) is 30.6 Å². The van der Waals surface area contributed by atoms with Crippen LogP contribution in [0.3, 0.4) is 0 Å². The Morgan fingerprint density at radius 3 is 2.59 bits per heavy atom. The maximum atomic E-state index is 5.62. The molecule has 2 aromatic heterocycles. The minimum Gasteiger partial charge on any atom is -0.493 e. The molecule has 176 valence electrons. The molecule has 1 N–H and O–H groups in total. The number of rotatable bonds is 8. The fraction of sp³-hybridized carbons (Fsp3) is 0.308. The lowest BCUT2D eigenvalue weighted by Crippen LogP contribution is -2.41. The lowest BCUT2D eigenvalue weighted by Gasteiger charge is -2.35. The quantitative estimate of drug-likeness (QED) is 0.389. The first-order valence-electron chi connectivity index (χ1n) is 11.3. The number of aromatic nitrogens is 2. The van der Waals surface area contributed by atoms with Gasteiger partial charge in [0.05, 0.1) is 38.9 Å². The van der Waals surface area contributed by atoms with E-state index in [1.165, 1.54) is 0 Å². The summed E-state index contributed by atoms with van der Waals surface area (Å²) < 4.78 is 16.6. The Morgan fingerprint density at radius 2 is 1.82 bits per heavy atom. The van der Waals surface area contributed by atoms with E-state index in [1.54, 1.807) is 31.9 Å². The van der Waals surface area contributed by atoms with E-state index < -0.39 is 0 Å². The molecule has 0 spiro atoms. The Morgan fingerprint density at radius 1 is 1.03 bits per heavy atom. The largest absolute Gasteiger partial charge is 0.493 e. The van der Waals surface area contributed by atoms with Crippen LogP contribution in [0.25, 0.3) is 21.3 Å². The Labute approximate surface area is 203 Å². The Kier molecular flexibility index (Phi) is 6.89. The van der Waals surface area contributed by atoms with Crippen molar-refractivity contribution in [3.05, 3.63) is 65.8 Å². The van der Waals surface area contributed by atoms with Gasteiger partial charge >= 0.3 is 0 Å². The summed E-state index contributed by atoms with van der Waals surface area (Å²) in [6.45, 7) is 3.88. The molecule has 0 saturated carbocycles. The minimum absolute atomic E-state index is 0.118. The number of nitrogens with zero attached hydrogens (tertiary/aromatic N) is 3. The molecular weight excluding hydrogens is 448 g/mol. The highest BCUT2D eigenvalue weighted by Gasteiger charge is 2.24. The van der Waals surface area contributed by atoms with Gasteiger partial charge in [0.2, 0.25) is 0 Å². The molecule has 5 rings (SSSR count). The van der Waals surface area contributed by atoms with Gasteiger partial charge in [0.1, 0.15) is 17.0 Å². The smallest absolute Gasteiger partial charge is 0.161 e. The highest BCUT2D eigenvalue weighted by atomic mass is 32.1. The maximum absolute atomic E-state index is 5.62. The van der Waals surface area contributed by atoms with Crippen molar-refractivity contribution in [1.82, 2.24) is 14.9 Å². The van der Waals surface area contributed by atoms with Crippen LogP contribution in [-0.2, 0) is 4.74 Å². The highest BCUT2D eigenvalue weighted by molar-refractivity contribution is 7.17. The van der Waals surface area contributed by atoms with Gasteiger partial charge in [-0.25, -0.2) is 9.97 Å². The van der Waals surface area contributed by atoms with Crippen molar-refractivity contribution in [3.8, 4) is 22.6 Å². The van der Waals surface area contributed by atoms with E-state index in [2.05, 4.69) is 62.0 Å². The summed E-state index contributed by atoms with van der Waals surface area (Å²) in [6.07, 6.45) is 1.64. The van der Waals surface area contributed by atoms with Crippen LogP contribution in [0.15, 0.2) is 60.2 Å². The molecule has 1 atom stereocenters. The van der Waals surface area contributed by atoms with Gasteiger partial charge in [-0.15, -0.1) is 11.3 Å². The summed E-state index contributed by atoms with van der Waals surface area (Å²) in [5, 5.41) is 6.87. The molecule has 4 aromatic rings. The first kappa shape index (κ1) is 22.6. The topological polar surface area (TPSA) is 68.7 Å². The highest BCUT2D eigenvalue weighted by Crippen LogP contribution is 2.37. The van der Waals surface area contributed by atoms with Crippen LogP contribution in [-0.4, -0.2) is 61.9 Å². The van der Waals surface area contributed by atoms with Crippen molar-refractivity contribution in [2.75, 3.05) is 52.4 Å². The lowest BCUT2D eigenvalue weighted by molar-refractivity contribution is 0.0186. The normalized spacial score (nSPS) is 15.2. The van der Waals surface area contributed by atoms with E-state index in [1.807, 2.05) is 12.1 Å². The fourth-order valence-corrected chi connectivity index (χ4v) is 5.36. The average molecular weight is 477 g/mol. The predicted octanol–water partition coefficient (Wildman–Crippen LogP) is 4.86. The second-order valence-electron chi connectivity index (χ2n) is 8.08. The number of ether oxygens (including phenoxy) is 3. The second kappa shape index (κ2) is 10.4. The molecule has 0 radical (unpaired) electrons. The van der Waals surface area contributed by atoms with Gasteiger partial charge < -0.3 is 19.5 Å². The zero-order valence-electron chi connectivity index (χ0n) is 19.4. The number of nitrogens with one attached hydrogen (secondary N) is 1. The van der Waals surface area contributed by atoms with Crippen molar-refractivity contribution in [2.24, 2.45) is 0 Å². The number of hydrogen-bond donors (Lipinski definition) is 1. The fourth-order valence-electron chi connectivity index (χ4n) is 4.44. The van der Waals surface area contributed by atoms with Gasteiger partial charge in [0.15, 0.2) is 11.5 Å². The van der Waals surface area contributed by atoms with E-state index in [9.17, 15) is 0 Å². The zero-order valence-corrected chi connectivity index (χ0v) is 20.2. The molecule has 1 aliphatic rings. The monoisotopic (exact) mass is 476 g/mol. The Bertz CT molecular complexity index is 1240. The summed E-state index contributed by atoms with van der Waals surface area (Å²) in [5.41, 5.74) is 3.47. The summed E-state index contributed by atoms with van der Waals surface area (Å²) in [6, 6.07) is 16.7. The van der Waals surface area contributed by atoms with Crippen LogP contribution in [0.2, 0.25) is 0 Å². The van der Waals surface area contributed by atoms with Gasteiger partial charge in [-0.3, -0.25) is 4.90 Å². The number of hydrogen-bond acceptors (Lipinski definition) is 8. The SMILES string of the molecule is COc1ccc([C@H](CNc2ncnc3scc(-c4ccccc4)c23)N2CCOCC2)cc1OC. The summed E-state index contributed by atoms with van der Waals surface area (Å²) in [4.78, 5) is 12.6. The van der Waals surface area contributed by atoms with E-state index in [0.717, 1.165) is 70.5 Å². The molecule has 2 aromatic carbocycles. The number of benzene rings is 2.